The second-order valence-corrected chi connectivity index (χ2v) is 7.47. The Balaban J connectivity index is 1.75. The molecule has 1 unspecified atom stereocenters. The summed E-state index contributed by atoms with van der Waals surface area (Å²) in [6, 6.07) is 12.9. The number of ether oxygens (including phenoxy) is 2. The van der Waals surface area contributed by atoms with Crippen molar-refractivity contribution < 1.29 is 9.47 Å². The Morgan fingerprint density at radius 3 is 2.50 bits per heavy atom. The number of rotatable bonds is 2. The van der Waals surface area contributed by atoms with Gasteiger partial charge in [0.1, 0.15) is 11.5 Å². The first kappa shape index (κ1) is 15.8. The van der Waals surface area contributed by atoms with Crippen LogP contribution in [0.2, 0.25) is 0 Å². The predicted octanol–water partition coefficient (Wildman–Crippen LogP) is 3.86. The van der Waals surface area contributed by atoms with E-state index in [2.05, 4.69) is 47.1 Å². The molecule has 2 aromatic carbocycles. The molecule has 134 valence electrons. The lowest BCUT2D eigenvalue weighted by molar-refractivity contribution is 0.111. The number of aromatic nitrogens is 1. The lowest BCUT2D eigenvalue weighted by Crippen LogP contribution is -2.53. The van der Waals surface area contributed by atoms with E-state index in [0.29, 0.717) is 0 Å². The molecule has 3 heterocycles. The van der Waals surface area contributed by atoms with E-state index in [-0.39, 0.29) is 5.54 Å². The van der Waals surface area contributed by atoms with E-state index in [4.69, 9.17) is 9.47 Å². The molecule has 0 aliphatic carbocycles. The highest BCUT2D eigenvalue weighted by molar-refractivity contribution is 5.87. The van der Waals surface area contributed by atoms with Crippen LogP contribution in [0, 0.1) is 0 Å². The summed E-state index contributed by atoms with van der Waals surface area (Å²) >= 11 is 0. The van der Waals surface area contributed by atoms with E-state index in [0.717, 1.165) is 37.4 Å². The Morgan fingerprint density at radius 2 is 1.69 bits per heavy atom. The summed E-state index contributed by atoms with van der Waals surface area (Å²) in [7, 11) is 3.47. The van der Waals surface area contributed by atoms with Crippen molar-refractivity contribution in [3.8, 4) is 11.5 Å². The summed E-state index contributed by atoms with van der Waals surface area (Å²) < 4.78 is 10.9. The smallest absolute Gasteiger partial charge is 0.119 e. The quantitative estimate of drug-likeness (QED) is 0.764. The molecule has 3 aromatic rings. The van der Waals surface area contributed by atoms with Crippen LogP contribution in [0.4, 0.5) is 0 Å². The zero-order valence-electron chi connectivity index (χ0n) is 15.6. The molecular formula is C22H24N2O2. The van der Waals surface area contributed by atoms with Crippen LogP contribution in [0.25, 0.3) is 10.9 Å². The number of nitrogens with one attached hydrogen (secondary N) is 1. The highest BCUT2D eigenvalue weighted by Crippen LogP contribution is 2.47. The number of aromatic amines is 1. The summed E-state index contributed by atoms with van der Waals surface area (Å²) in [4.78, 5) is 6.37. The van der Waals surface area contributed by atoms with Gasteiger partial charge in [-0.15, -0.1) is 0 Å². The molecule has 4 nitrogen and oxygen atoms in total. The first-order valence-electron chi connectivity index (χ1n) is 9.26. The molecule has 0 fully saturated rings. The predicted molar refractivity (Wildman–Crippen MR) is 103 cm³/mol. The van der Waals surface area contributed by atoms with E-state index in [1.807, 2.05) is 6.07 Å². The normalized spacial score (nSPS) is 21.8. The number of hydrogen-bond donors (Lipinski definition) is 1. The van der Waals surface area contributed by atoms with Crippen molar-refractivity contribution in [1.82, 2.24) is 9.88 Å². The fourth-order valence-corrected chi connectivity index (χ4v) is 4.93. The third-order valence-electron chi connectivity index (χ3n) is 6.35. The summed E-state index contributed by atoms with van der Waals surface area (Å²) in [5.74, 6) is 1.86. The van der Waals surface area contributed by atoms with Gasteiger partial charge in [0.05, 0.1) is 19.8 Å². The van der Waals surface area contributed by atoms with Gasteiger partial charge in [0.2, 0.25) is 0 Å². The van der Waals surface area contributed by atoms with Gasteiger partial charge in [-0.25, -0.2) is 0 Å². The summed E-state index contributed by atoms with van der Waals surface area (Å²) in [6.07, 6.45) is 2.15. The molecule has 0 spiro atoms. The van der Waals surface area contributed by atoms with Crippen molar-refractivity contribution >= 4 is 10.9 Å². The molecule has 1 atom stereocenters. The van der Waals surface area contributed by atoms with Crippen LogP contribution in [0.15, 0.2) is 36.4 Å². The van der Waals surface area contributed by atoms with Crippen LogP contribution in [0.1, 0.15) is 29.3 Å². The Bertz CT molecular complexity index is 1010. The standard InChI is InChI=1S/C22H24N2O2/c1-22-19-6-4-15(25-2)12-14(19)8-10-24(22)11-9-17-18-13-16(26-3)5-7-20(18)23-21(17)22/h4-7,12-13,23H,8-11H2,1-3H3. The van der Waals surface area contributed by atoms with Gasteiger partial charge in [-0.2, -0.15) is 0 Å². The zero-order chi connectivity index (χ0) is 17.9. The van der Waals surface area contributed by atoms with Crippen LogP contribution in [-0.4, -0.2) is 37.2 Å². The molecule has 0 saturated carbocycles. The van der Waals surface area contributed by atoms with Gasteiger partial charge in [0, 0.05) is 29.7 Å². The van der Waals surface area contributed by atoms with Crippen molar-refractivity contribution in [3.63, 3.8) is 0 Å². The number of hydrogen-bond acceptors (Lipinski definition) is 3. The molecule has 26 heavy (non-hydrogen) atoms. The molecule has 1 aromatic heterocycles. The molecular weight excluding hydrogens is 324 g/mol. The van der Waals surface area contributed by atoms with Crippen LogP contribution < -0.4 is 9.47 Å². The molecule has 2 aliphatic rings. The average molecular weight is 348 g/mol. The maximum Gasteiger partial charge on any atom is 0.119 e. The van der Waals surface area contributed by atoms with Crippen LogP contribution in [0.3, 0.4) is 0 Å². The highest BCUT2D eigenvalue weighted by Gasteiger charge is 2.45. The van der Waals surface area contributed by atoms with Gasteiger partial charge in [-0.3, -0.25) is 4.90 Å². The zero-order valence-corrected chi connectivity index (χ0v) is 15.6. The second kappa shape index (κ2) is 5.52. The van der Waals surface area contributed by atoms with Gasteiger partial charge >= 0.3 is 0 Å². The highest BCUT2D eigenvalue weighted by atomic mass is 16.5. The van der Waals surface area contributed by atoms with Crippen molar-refractivity contribution in [1.29, 1.82) is 0 Å². The molecule has 4 heteroatoms. The molecule has 5 rings (SSSR count). The molecule has 0 amide bonds. The summed E-state index contributed by atoms with van der Waals surface area (Å²) in [6.45, 7) is 4.52. The van der Waals surface area contributed by atoms with E-state index < -0.39 is 0 Å². The van der Waals surface area contributed by atoms with Crippen LogP contribution in [-0.2, 0) is 18.4 Å². The minimum atomic E-state index is -0.125. The van der Waals surface area contributed by atoms with Crippen molar-refractivity contribution in [2.75, 3.05) is 27.3 Å². The first-order valence-corrected chi connectivity index (χ1v) is 9.26. The van der Waals surface area contributed by atoms with Crippen LogP contribution in [0.5, 0.6) is 11.5 Å². The van der Waals surface area contributed by atoms with Crippen molar-refractivity contribution in [3.05, 3.63) is 58.8 Å². The topological polar surface area (TPSA) is 37.5 Å². The molecule has 0 saturated heterocycles. The lowest BCUT2D eigenvalue weighted by Gasteiger charge is -2.49. The Labute approximate surface area is 153 Å². The molecule has 0 radical (unpaired) electrons. The van der Waals surface area contributed by atoms with Gasteiger partial charge < -0.3 is 14.5 Å². The number of benzene rings is 2. The van der Waals surface area contributed by atoms with E-state index >= 15 is 0 Å². The summed E-state index contributed by atoms with van der Waals surface area (Å²) in [5.41, 5.74) is 6.62. The summed E-state index contributed by atoms with van der Waals surface area (Å²) in [5, 5.41) is 1.29. The van der Waals surface area contributed by atoms with E-state index in [1.165, 1.54) is 33.3 Å². The Hall–Kier alpha value is -2.46. The van der Waals surface area contributed by atoms with Crippen molar-refractivity contribution in [2.24, 2.45) is 0 Å². The third kappa shape index (κ3) is 1.99. The second-order valence-electron chi connectivity index (χ2n) is 7.47. The fraction of sp³-hybridized carbons (Fsp3) is 0.364. The average Bonchev–Trinajstić information content (AvgIpc) is 3.06. The largest absolute Gasteiger partial charge is 0.497 e. The third-order valence-corrected chi connectivity index (χ3v) is 6.35. The number of H-pyrrole nitrogens is 1. The first-order chi connectivity index (χ1) is 12.6. The SMILES string of the molecule is COc1ccc2c(c1)CCN1CCc3c([nH]c4ccc(OC)cc34)C21C. The van der Waals surface area contributed by atoms with E-state index in [1.54, 1.807) is 14.2 Å². The van der Waals surface area contributed by atoms with Gasteiger partial charge in [0.25, 0.3) is 0 Å². The Morgan fingerprint density at radius 1 is 0.962 bits per heavy atom. The molecule has 1 N–H and O–H groups in total. The minimum Gasteiger partial charge on any atom is -0.497 e. The molecule has 2 aliphatic heterocycles. The van der Waals surface area contributed by atoms with Gasteiger partial charge in [0.15, 0.2) is 0 Å². The maximum absolute atomic E-state index is 5.46. The monoisotopic (exact) mass is 348 g/mol. The number of fused-ring (bicyclic) bond motifs is 7. The lowest BCUT2D eigenvalue weighted by atomic mass is 9.75. The fourth-order valence-electron chi connectivity index (χ4n) is 4.93. The van der Waals surface area contributed by atoms with Crippen LogP contribution >= 0.6 is 0 Å². The maximum atomic E-state index is 5.46. The van der Waals surface area contributed by atoms with Crippen molar-refractivity contribution in [2.45, 2.75) is 25.3 Å². The van der Waals surface area contributed by atoms with Gasteiger partial charge in [-0.05, 0) is 66.8 Å². The number of methoxy groups -OCH3 is 2. The minimum absolute atomic E-state index is 0.125. The number of nitrogens with zero attached hydrogens (tertiary/aromatic N) is 1. The molecule has 0 bridgehead atoms. The van der Waals surface area contributed by atoms with E-state index in [9.17, 15) is 0 Å². The Kier molecular flexibility index (Phi) is 3.35. The van der Waals surface area contributed by atoms with Gasteiger partial charge in [-0.1, -0.05) is 6.07 Å².